The van der Waals surface area contributed by atoms with Gasteiger partial charge >= 0.3 is 0 Å². The molecule has 2 aromatic rings. The lowest BCUT2D eigenvalue weighted by molar-refractivity contribution is 0.287. The van der Waals surface area contributed by atoms with E-state index in [4.69, 9.17) is 79.1 Å². The van der Waals surface area contributed by atoms with Crippen LogP contribution in [-0.4, -0.2) is 28.2 Å². The highest BCUT2D eigenvalue weighted by Gasteiger charge is 2.33. The van der Waals surface area contributed by atoms with E-state index in [9.17, 15) is 0 Å². The smallest absolute Gasteiger partial charge is 0.250 e. The zero-order valence-electron chi connectivity index (χ0n) is 14.7. The van der Waals surface area contributed by atoms with Gasteiger partial charge in [-0.3, -0.25) is 0 Å². The van der Waals surface area contributed by atoms with Gasteiger partial charge in [0.25, 0.3) is 0 Å². The lowest BCUT2D eigenvalue weighted by Crippen LogP contribution is -2.16. The quantitative estimate of drug-likeness (QED) is 0.420. The van der Waals surface area contributed by atoms with E-state index in [1.165, 1.54) is 0 Å². The number of aromatic nitrogens is 3. The Morgan fingerprint density at radius 3 is 1.82 bits per heavy atom. The van der Waals surface area contributed by atoms with Crippen LogP contribution in [-0.2, 0) is 7.59 Å². The summed E-state index contributed by atoms with van der Waals surface area (Å²) < 4.78 is 7.34. The Morgan fingerprint density at radius 1 is 0.786 bits per heavy atom. The predicted molar refractivity (Wildman–Crippen MR) is 116 cm³/mol. The summed E-state index contributed by atoms with van der Waals surface area (Å²) in [5.41, 5.74) is 0.804. The van der Waals surface area contributed by atoms with Gasteiger partial charge in [-0.05, 0) is 37.6 Å². The zero-order chi connectivity index (χ0) is 20.9. The average Bonchev–Trinajstić information content (AvgIpc) is 2.60. The van der Waals surface area contributed by atoms with E-state index in [1.54, 1.807) is 18.2 Å². The first-order chi connectivity index (χ1) is 13.0. The molecule has 28 heavy (non-hydrogen) atoms. The standard InChI is InChI=1S/C17H15Cl6N3O2/c1-3-27-11-7-5-10(9-12(11)28-4-2)6-8-13-24-14(16(18,19)20)26-15(25-13)17(21,22)23/h5-9H,3-4H2,1-2H3/b8-6+. The van der Waals surface area contributed by atoms with E-state index in [0.29, 0.717) is 24.7 Å². The number of nitrogens with zero attached hydrogens (tertiary/aromatic N) is 3. The van der Waals surface area contributed by atoms with Crippen molar-refractivity contribution in [3.8, 4) is 11.5 Å². The molecular formula is C17H15Cl6N3O2. The molecule has 152 valence electrons. The van der Waals surface area contributed by atoms with Crippen LogP contribution in [0, 0.1) is 0 Å². The minimum absolute atomic E-state index is 0.157. The molecule has 0 radical (unpaired) electrons. The summed E-state index contributed by atoms with van der Waals surface area (Å²) in [5.74, 6) is 1.11. The lowest BCUT2D eigenvalue weighted by atomic mass is 10.2. The van der Waals surface area contributed by atoms with Crippen LogP contribution in [0.1, 0.15) is 36.9 Å². The molecule has 11 heteroatoms. The average molecular weight is 506 g/mol. The third kappa shape index (κ3) is 6.68. The first-order valence-corrected chi connectivity index (χ1v) is 10.3. The summed E-state index contributed by atoms with van der Waals surface area (Å²) in [5, 5.41) is 0. The molecule has 0 unspecified atom stereocenters. The summed E-state index contributed by atoms with van der Waals surface area (Å²) in [6.07, 6.45) is 3.31. The Morgan fingerprint density at radius 2 is 1.32 bits per heavy atom. The van der Waals surface area contributed by atoms with Gasteiger partial charge in [-0.25, -0.2) is 15.0 Å². The van der Waals surface area contributed by atoms with E-state index in [-0.39, 0.29) is 17.5 Å². The number of hydrogen-bond acceptors (Lipinski definition) is 5. The highest BCUT2D eigenvalue weighted by Crippen LogP contribution is 2.40. The van der Waals surface area contributed by atoms with Crippen molar-refractivity contribution in [3.05, 3.63) is 41.2 Å². The molecule has 0 saturated heterocycles. The monoisotopic (exact) mass is 503 g/mol. The maximum Gasteiger partial charge on any atom is 0.250 e. The second-order valence-corrected chi connectivity index (χ2v) is 9.80. The minimum Gasteiger partial charge on any atom is -0.490 e. The second kappa shape index (κ2) is 9.88. The summed E-state index contributed by atoms with van der Waals surface area (Å²) in [6, 6.07) is 5.47. The number of hydrogen-bond donors (Lipinski definition) is 0. The summed E-state index contributed by atoms with van der Waals surface area (Å²) in [6.45, 7) is 4.81. The number of ether oxygens (including phenoxy) is 2. The van der Waals surface area contributed by atoms with Crippen molar-refractivity contribution < 1.29 is 9.47 Å². The molecule has 2 rings (SSSR count). The van der Waals surface area contributed by atoms with E-state index in [2.05, 4.69) is 15.0 Å². The van der Waals surface area contributed by atoms with Crippen molar-refractivity contribution in [2.75, 3.05) is 13.2 Å². The number of alkyl halides is 6. The zero-order valence-corrected chi connectivity index (χ0v) is 19.3. The van der Waals surface area contributed by atoms with Gasteiger partial charge in [0, 0.05) is 0 Å². The highest BCUT2D eigenvalue weighted by atomic mass is 35.6. The van der Waals surface area contributed by atoms with Crippen LogP contribution in [0.2, 0.25) is 0 Å². The van der Waals surface area contributed by atoms with Crippen LogP contribution >= 0.6 is 69.6 Å². The molecule has 1 aromatic heterocycles. The third-order valence-electron chi connectivity index (χ3n) is 3.15. The predicted octanol–water partition coefficient (Wildman–Crippen LogP) is 6.49. The molecule has 0 aliphatic heterocycles. The van der Waals surface area contributed by atoms with Crippen LogP contribution in [0.4, 0.5) is 0 Å². The molecule has 1 heterocycles. The van der Waals surface area contributed by atoms with E-state index in [1.807, 2.05) is 26.0 Å². The molecule has 0 aliphatic rings. The fourth-order valence-electron chi connectivity index (χ4n) is 2.06. The normalized spacial score (nSPS) is 12.4. The van der Waals surface area contributed by atoms with Gasteiger partial charge in [-0.15, -0.1) is 0 Å². The molecule has 0 N–H and O–H groups in total. The van der Waals surface area contributed by atoms with Crippen LogP contribution < -0.4 is 9.47 Å². The SMILES string of the molecule is CCOc1ccc(/C=C/c2nc(C(Cl)(Cl)Cl)nc(C(Cl)(Cl)Cl)n2)cc1OCC. The van der Waals surface area contributed by atoms with E-state index >= 15 is 0 Å². The van der Waals surface area contributed by atoms with Crippen molar-refractivity contribution in [3.63, 3.8) is 0 Å². The van der Waals surface area contributed by atoms with Crippen molar-refractivity contribution >= 4 is 81.8 Å². The molecule has 0 atom stereocenters. The number of benzene rings is 1. The molecule has 1 aromatic carbocycles. The fourth-order valence-corrected chi connectivity index (χ4v) is 2.57. The Hall–Kier alpha value is -0.690. The largest absolute Gasteiger partial charge is 0.490 e. The second-order valence-electron chi connectivity index (χ2n) is 5.24. The molecule has 0 spiro atoms. The van der Waals surface area contributed by atoms with Crippen molar-refractivity contribution in [1.82, 2.24) is 15.0 Å². The number of rotatable bonds is 6. The topological polar surface area (TPSA) is 57.1 Å². The molecule has 5 nitrogen and oxygen atoms in total. The highest BCUT2D eigenvalue weighted by molar-refractivity contribution is 6.67. The van der Waals surface area contributed by atoms with Crippen LogP contribution in [0.15, 0.2) is 18.2 Å². The van der Waals surface area contributed by atoms with Gasteiger partial charge in [0.1, 0.15) is 0 Å². The molecule has 0 saturated carbocycles. The van der Waals surface area contributed by atoms with Gasteiger partial charge in [0.05, 0.1) is 13.2 Å². The summed E-state index contributed by atoms with van der Waals surface area (Å²) in [4.78, 5) is 12.1. The van der Waals surface area contributed by atoms with Crippen molar-refractivity contribution in [2.24, 2.45) is 0 Å². The molecule has 0 bridgehead atoms. The molecule has 0 amide bonds. The van der Waals surface area contributed by atoms with Crippen molar-refractivity contribution in [2.45, 2.75) is 21.4 Å². The maximum absolute atomic E-state index is 5.87. The maximum atomic E-state index is 5.87. The van der Waals surface area contributed by atoms with Crippen LogP contribution in [0.25, 0.3) is 12.2 Å². The van der Waals surface area contributed by atoms with Crippen LogP contribution in [0.3, 0.4) is 0 Å². The van der Waals surface area contributed by atoms with E-state index < -0.39 is 7.59 Å². The van der Waals surface area contributed by atoms with Gasteiger partial charge in [0.15, 0.2) is 29.0 Å². The van der Waals surface area contributed by atoms with Crippen molar-refractivity contribution in [1.29, 1.82) is 0 Å². The first-order valence-electron chi connectivity index (χ1n) is 8.02. The van der Waals surface area contributed by atoms with E-state index in [0.717, 1.165) is 5.56 Å². The lowest BCUT2D eigenvalue weighted by Gasteiger charge is -2.14. The molecule has 0 aliphatic carbocycles. The Bertz CT molecular complexity index is 818. The number of halogens is 6. The van der Waals surface area contributed by atoms with Gasteiger partial charge < -0.3 is 9.47 Å². The van der Waals surface area contributed by atoms with Gasteiger partial charge in [-0.2, -0.15) is 0 Å². The molecular weight excluding hydrogens is 491 g/mol. The fraction of sp³-hybridized carbons (Fsp3) is 0.353. The minimum atomic E-state index is -1.91. The van der Waals surface area contributed by atoms with Crippen LogP contribution in [0.5, 0.6) is 11.5 Å². The Kier molecular flexibility index (Phi) is 8.32. The summed E-state index contributed by atoms with van der Waals surface area (Å²) >= 11 is 35.2. The van der Waals surface area contributed by atoms with Gasteiger partial charge in [0.2, 0.25) is 7.59 Å². The Balaban J connectivity index is 2.41. The molecule has 0 fully saturated rings. The summed E-state index contributed by atoms with van der Waals surface area (Å²) in [7, 11) is 0. The Labute approximate surface area is 192 Å². The third-order valence-corrected chi connectivity index (χ3v) is 4.17. The van der Waals surface area contributed by atoms with Gasteiger partial charge in [-0.1, -0.05) is 81.7 Å². The first kappa shape index (κ1) is 23.6.